The molecule has 1 aromatic carbocycles. The zero-order valence-corrected chi connectivity index (χ0v) is 15.8. The Kier molecular flexibility index (Phi) is 5.63. The summed E-state index contributed by atoms with van der Waals surface area (Å²) in [7, 11) is 4.67. The van der Waals surface area contributed by atoms with Gasteiger partial charge in [0.1, 0.15) is 22.8 Å². The smallest absolute Gasteiger partial charge is 0.274 e. The minimum Gasteiger partial charge on any atom is -0.496 e. The van der Waals surface area contributed by atoms with Gasteiger partial charge in [-0.05, 0) is 31.4 Å². The molecule has 2 heterocycles. The molecule has 2 amide bonds. The van der Waals surface area contributed by atoms with Gasteiger partial charge in [0.2, 0.25) is 0 Å². The van der Waals surface area contributed by atoms with Gasteiger partial charge < -0.3 is 19.7 Å². The number of nitrogens with one attached hydrogen (secondary N) is 1. The number of likely N-dealkylation sites (tertiary alicyclic amines) is 1. The second kappa shape index (κ2) is 8.11. The number of benzene rings is 1. The van der Waals surface area contributed by atoms with Gasteiger partial charge in [0.05, 0.1) is 26.1 Å². The SMILES string of the molecule is COc1cccc(OC)c1C(=O)Nc1cnn(C)c1C(=O)N1CCCCC1. The van der Waals surface area contributed by atoms with Gasteiger partial charge in [-0.2, -0.15) is 5.10 Å². The average molecular weight is 372 g/mol. The number of aromatic nitrogens is 2. The molecule has 1 aliphatic heterocycles. The maximum Gasteiger partial charge on any atom is 0.274 e. The van der Waals surface area contributed by atoms with Crippen LogP contribution in [0.1, 0.15) is 40.1 Å². The molecular weight excluding hydrogens is 348 g/mol. The Labute approximate surface area is 158 Å². The molecule has 1 saturated heterocycles. The molecular formula is C19H24N4O4. The first-order valence-electron chi connectivity index (χ1n) is 8.90. The van der Waals surface area contributed by atoms with E-state index in [0.717, 1.165) is 32.4 Å². The van der Waals surface area contributed by atoms with E-state index >= 15 is 0 Å². The lowest BCUT2D eigenvalue weighted by atomic mass is 10.1. The van der Waals surface area contributed by atoms with Gasteiger partial charge in [0.15, 0.2) is 0 Å². The Morgan fingerprint density at radius 1 is 1.07 bits per heavy atom. The van der Waals surface area contributed by atoms with Crippen LogP contribution in [-0.2, 0) is 7.05 Å². The van der Waals surface area contributed by atoms with Gasteiger partial charge in [-0.15, -0.1) is 0 Å². The monoisotopic (exact) mass is 372 g/mol. The van der Waals surface area contributed by atoms with Gasteiger partial charge in [0.25, 0.3) is 11.8 Å². The predicted octanol–water partition coefficient (Wildman–Crippen LogP) is 2.32. The van der Waals surface area contributed by atoms with Crippen LogP contribution in [0.2, 0.25) is 0 Å². The van der Waals surface area contributed by atoms with Crippen molar-refractivity contribution in [3.05, 3.63) is 35.7 Å². The van der Waals surface area contributed by atoms with Crippen molar-refractivity contribution in [1.82, 2.24) is 14.7 Å². The lowest BCUT2D eigenvalue weighted by Gasteiger charge is -2.27. The average Bonchev–Trinajstić information content (AvgIpc) is 3.07. The third kappa shape index (κ3) is 3.74. The molecule has 8 nitrogen and oxygen atoms in total. The van der Waals surface area contributed by atoms with Gasteiger partial charge in [-0.1, -0.05) is 6.07 Å². The Morgan fingerprint density at radius 3 is 2.30 bits per heavy atom. The topological polar surface area (TPSA) is 85.7 Å². The van der Waals surface area contributed by atoms with E-state index < -0.39 is 5.91 Å². The van der Waals surface area contributed by atoms with E-state index in [2.05, 4.69) is 10.4 Å². The minimum atomic E-state index is -0.426. The molecule has 0 radical (unpaired) electrons. The van der Waals surface area contributed by atoms with Crippen molar-refractivity contribution < 1.29 is 19.1 Å². The quantitative estimate of drug-likeness (QED) is 0.871. The molecule has 144 valence electrons. The maximum absolute atomic E-state index is 12.9. The fraction of sp³-hybridized carbons (Fsp3) is 0.421. The standard InChI is InChI=1S/C19H24N4O4/c1-22-17(19(25)23-10-5-4-6-11-23)13(12-20-22)21-18(24)16-14(26-2)8-7-9-15(16)27-3/h7-9,12H,4-6,10-11H2,1-3H3,(H,21,24). The summed E-state index contributed by atoms with van der Waals surface area (Å²) >= 11 is 0. The molecule has 0 unspecified atom stereocenters. The molecule has 1 aromatic heterocycles. The molecule has 2 aromatic rings. The Balaban J connectivity index is 1.89. The van der Waals surface area contributed by atoms with E-state index in [9.17, 15) is 9.59 Å². The zero-order valence-electron chi connectivity index (χ0n) is 15.8. The molecule has 1 aliphatic rings. The van der Waals surface area contributed by atoms with E-state index in [1.807, 2.05) is 0 Å². The number of methoxy groups -OCH3 is 2. The number of nitrogens with zero attached hydrogens (tertiary/aromatic N) is 3. The van der Waals surface area contributed by atoms with Crippen LogP contribution in [0.25, 0.3) is 0 Å². The molecule has 0 atom stereocenters. The highest BCUT2D eigenvalue weighted by molar-refractivity contribution is 6.11. The van der Waals surface area contributed by atoms with Crippen LogP contribution in [0.5, 0.6) is 11.5 Å². The van der Waals surface area contributed by atoms with E-state index in [4.69, 9.17) is 9.47 Å². The van der Waals surface area contributed by atoms with Crippen molar-refractivity contribution in [1.29, 1.82) is 0 Å². The Hall–Kier alpha value is -3.03. The number of anilines is 1. The van der Waals surface area contributed by atoms with Crippen molar-refractivity contribution in [2.24, 2.45) is 7.05 Å². The number of carbonyl (C=O) groups excluding carboxylic acids is 2. The normalized spacial score (nSPS) is 14.0. The molecule has 8 heteroatoms. The summed E-state index contributed by atoms with van der Waals surface area (Å²) in [5.41, 5.74) is 0.993. The van der Waals surface area contributed by atoms with E-state index in [1.54, 1.807) is 30.1 Å². The molecule has 0 saturated carbocycles. The molecule has 1 N–H and O–H groups in total. The summed E-state index contributed by atoms with van der Waals surface area (Å²) in [5, 5.41) is 6.94. The number of carbonyl (C=O) groups is 2. The summed E-state index contributed by atoms with van der Waals surface area (Å²) < 4.78 is 12.1. The fourth-order valence-corrected chi connectivity index (χ4v) is 3.29. The third-order valence-electron chi connectivity index (χ3n) is 4.69. The Bertz CT molecular complexity index is 818. The first-order valence-corrected chi connectivity index (χ1v) is 8.90. The van der Waals surface area contributed by atoms with Crippen molar-refractivity contribution in [2.45, 2.75) is 19.3 Å². The zero-order chi connectivity index (χ0) is 19.4. The van der Waals surface area contributed by atoms with Crippen LogP contribution in [-0.4, -0.2) is 53.8 Å². The molecule has 27 heavy (non-hydrogen) atoms. The summed E-state index contributed by atoms with van der Waals surface area (Å²) in [5.74, 6) is 0.223. The van der Waals surface area contributed by atoms with Crippen LogP contribution >= 0.6 is 0 Å². The van der Waals surface area contributed by atoms with Crippen molar-refractivity contribution in [3.8, 4) is 11.5 Å². The van der Waals surface area contributed by atoms with E-state index in [1.165, 1.54) is 25.1 Å². The lowest BCUT2D eigenvalue weighted by Crippen LogP contribution is -2.37. The number of ether oxygens (including phenoxy) is 2. The minimum absolute atomic E-state index is 0.128. The highest BCUT2D eigenvalue weighted by atomic mass is 16.5. The van der Waals surface area contributed by atoms with Gasteiger partial charge in [0, 0.05) is 20.1 Å². The number of hydrogen-bond donors (Lipinski definition) is 1. The van der Waals surface area contributed by atoms with Gasteiger partial charge in [-0.25, -0.2) is 0 Å². The largest absolute Gasteiger partial charge is 0.496 e. The highest BCUT2D eigenvalue weighted by Gasteiger charge is 2.26. The molecule has 0 spiro atoms. The summed E-state index contributed by atoms with van der Waals surface area (Å²) in [6.45, 7) is 1.44. The third-order valence-corrected chi connectivity index (χ3v) is 4.69. The van der Waals surface area contributed by atoms with Gasteiger partial charge >= 0.3 is 0 Å². The molecule has 0 bridgehead atoms. The van der Waals surface area contributed by atoms with E-state index in [0.29, 0.717) is 22.9 Å². The number of hydrogen-bond acceptors (Lipinski definition) is 5. The summed E-state index contributed by atoms with van der Waals surface area (Å²) in [6.07, 6.45) is 4.59. The predicted molar refractivity (Wildman–Crippen MR) is 100 cm³/mol. The first-order chi connectivity index (χ1) is 13.1. The van der Waals surface area contributed by atoms with Crippen LogP contribution in [0.15, 0.2) is 24.4 Å². The molecule has 3 rings (SSSR count). The molecule has 1 fully saturated rings. The van der Waals surface area contributed by atoms with Gasteiger partial charge in [-0.3, -0.25) is 14.3 Å². The molecule has 0 aliphatic carbocycles. The maximum atomic E-state index is 12.9. The van der Waals surface area contributed by atoms with Crippen LogP contribution in [0.4, 0.5) is 5.69 Å². The lowest BCUT2D eigenvalue weighted by molar-refractivity contribution is 0.0714. The second-order valence-electron chi connectivity index (χ2n) is 6.37. The number of aryl methyl sites for hydroxylation is 1. The van der Waals surface area contributed by atoms with Crippen molar-refractivity contribution in [3.63, 3.8) is 0 Å². The van der Waals surface area contributed by atoms with Crippen molar-refractivity contribution in [2.75, 3.05) is 32.6 Å². The number of amides is 2. The fourth-order valence-electron chi connectivity index (χ4n) is 3.29. The first kappa shape index (κ1) is 18.8. The van der Waals surface area contributed by atoms with Crippen LogP contribution in [0.3, 0.4) is 0 Å². The summed E-state index contributed by atoms with van der Waals surface area (Å²) in [6, 6.07) is 5.10. The number of rotatable bonds is 5. The Morgan fingerprint density at radius 2 is 1.70 bits per heavy atom. The van der Waals surface area contributed by atoms with E-state index in [-0.39, 0.29) is 11.5 Å². The van der Waals surface area contributed by atoms with Crippen LogP contribution < -0.4 is 14.8 Å². The van der Waals surface area contributed by atoms with Crippen LogP contribution in [0, 0.1) is 0 Å². The number of piperidine rings is 1. The van der Waals surface area contributed by atoms with Crippen molar-refractivity contribution >= 4 is 17.5 Å². The summed E-state index contributed by atoms with van der Waals surface area (Å²) in [4.78, 5) is 27.6. The highest BCUT2D eigenvalue weighted by Crippen LogP contribution is 2.29. The second-order valence-corrected chi connectivity index (χ2v) is 6.37.